The highest BCUT2D eigenvalue weighted by Crippen LogP contribution is 2.36. The van der Waals surface area contributed by atoms with E-state index in [1.165, 1.54) is 0 Å². The molecule has 0 heterocycles. The van der Waals surface area contributed by atoms with Crippen molar-refractivity contribution >= 4 is 16.1 Å². The zero-order chi connectivity index (χ0) is 17.3. The summed E-state index contributed by atoms with van der Waals surface area (Å²) in [7, 11) is -5.34. The SMILES string of the molecule is COC(=O)c1ccc(OS(=O)(=O)C(F)(F)F)cc1C(F)(F)F. The van der Waals surface area contributed by atoms with Gasteiger partial charge in [-0.15, -0.1) is 0 Å². The van der Waals surface area contributed by atoms with Gasteiger partial charge in [0.25, 0.3) is 0 Å². The Hall–Kier alpha value is -1.98. The standard InChI is InChI=1S/C10H6F6O5S/c1-20-8(17)6-3-2-5(4-7(6)9(11,12)13)21-22(18,19)10(14,15)16/h2-4H,1H3. The van der Waals surface area contributed by atoms with Gasteiger partial charge >= 0.3 is 27.8 Å². The maximum atomic E-state index is 12.8. The number of methoxy groups -OCH3 is 1. The summed E-state index contributed by atoms with van der Waals surface area (Å²) in [5.41, 5.74) is -8.52. The Bertz CT molecular complexity index is 676. The van der Waals surface area contributed by atoms with E-state index in [-0.39, 0.29) is 6.07 Å². The van der Waals surface area contributed by atoms with Crippen molar-refractivity contribution in [1.82, 2.24) is 0 Å². The highest BCUT2D eigenvalue weighted by molar-refractivity contribution is 7.88. The molecule has 0 saturated heterocycles. The zero-order valence-electron chi connectivity index (χ0n) is 10.4. The molecule has 0 amide bonds. The lowest BCUT2D eigenvalue weighted by atomic mass is 10.1. The number of hydrogen-bond acceptors (Lipinski definition) is 5. The molecular formula is C10H6F6O5S. The van der Waals surface area contributed by atoms with Crippen molar-refractivity contribution in [3.63, 3.8) is 0 Å². The fraction of sp³-hybridized carbons (Fsp3) is 0.300. The van der Waals surface area contributed by atoms with Gasteiger partial charge in [-0.25, -0.2) is 4.79 Å². The fourth-order valence-corrected chi connectivity index (χ4v) is 1.72. The second kappa shape index (κ2) is 5.66. The first-order valence-corrected chi connectivity index (χ1v) is 6.50. The molecule has 22 heavy (non-hydrogen) atoms. The molecule has 1 rings (SSSR count). The first kappa shape index (κ1) is 18.1. The van der Waals surface area contributed by atoms with Crippen LogP contribution in [0.2, 0.25) is 0 Å². The number of carbonyl (C=O) groups is 1. The molecule has 0 bridgehead atoms. The van der Waals surface area contributed by atoms with Crippen LogP contribution in [0.4, 0.5) is 26.3 Å². The minimum atomic E-state index is -6.14. The molecule has 124 valence electrons. The van der Waals surface area contributed by atoms with E-state index in [0.717, 1.165) is 7.11 Å². The van der Waals surface area contributed by atoms with Crippen molar-refractivity contribution in [1.29, 1.82) is 0 Å². The van der Waals surface area contributed by atoms with E-state index >= 15 is 0 Å². The van der Waals surface area contributed by atoms with Crippen molar-refractivity contribution in [2.24, 2.45) is 0 Å². The molecule has 0 spiro atoms. The second-order valence-corrected chi connectivity index (χ2v) is 5.22. The van der Waals surface area contributed by atoms with Gasteiger partial charge in [-0.3, -0.25) is 0 Å². The minimum absolute atomic E-state index is 0.0461. The smallest absolute Gasteiger partial charge is 0.465 e. The lowest BCUT2D eigenvalue weighted by molar-refractivity contribution is -0.138. The number of benzene rings is 1. The van der Waals surface area contributed by atoms with Crippen LogP contribution in [0, 0.1) is 0 Å². The Balaban J connectivity index is 3.36. The predicted octanol–water partition coefficient (Wildman–Crippen LogP) is 2.72. The molecule has 0 unspecified atom stereocenters. The molecule has 0 saturated carbocycles. The number of halogens is 6. The van der Waals surface area contributed by atoms with Gasteiger partial charge < -0.3 is 8.92 Å². The fourth-order valence-electron chi connectivity index (χ4n) is 1.27. The van der Waals surface area contributed by atoms with Gasteiger partial charge in [0.05, 0.1) is 18.2 Å². The Morgan fingerprint density at radius 1 is 1.09 bits per heavy atom. The average molecular weight is 352 g/mol. The normalized spacial score (nSPS) is 12.9. The number of hydrogen-bond donors (Lipinski definition) is 0. The van der Waals surface area contributed by atoms with Gasteiger partial charge in [-0.1, -0.05) is 0 Å². The second-order valence-electron chi connectivity index (χ2n) is 3.68. The monoisotopic (exact) mass is 352 g/mol. The van der Waals surface area contributed by atoms with Gasteiger partial charge in [-0.2, -0.15) is 34.8 Å². The number of esters is 1. The summed E-state index contributed by atoms with van der Waals surface area (Å²) in [5.74, 6) is -2.66. The molecule has 0 fully saturated rings. The summed E-state index contributed by atoms with van der Waals surface area (Å²) >= 11 is 0. The quantitative estimate of drug-likeness (QED) is 0.362. The van der Waals surface area contributed by atoms with E-state index in [9.17, 15) is 39.6 Å². The van der Waals surface area contributed by atoms with E-state index < -0.39 is 44.6 Å². The van der Waals surface area contributed by atoms with Crippen LogP contribution >= 0.6 is 0 Å². The topological polar surface area (TPSA) is 69.7 Å². The summed E-state index contributed by atoms with van der Waals surface area (Å²) < 4.78 is 104. The lowest BCUT2D eigenvalue weighted by Crippen LogP contribution is -2.28. The van der Waals surface area contributed by atoms with Crippen molar-refractivity contribution in [3.05, 3.63) is 29.3 Å². The van der Waals surface area contributed by atoms with E-state index in [0.29, 0.717) is 12.1 Å². The Kier molecular flexibility index (Phi) is 4.65. The maximum absolute atomic E-state index is 12.8. The van der Waals surface area contributed by atoms with Crippen molar-refractivity contribution in [2.45, 2.75) is 11.7 Å². The Morgan fingerprint density at radius 3 is 2.05 bits per heavy atom. The molecule has 0 aliphatic heterocycles. The molecule has 0 aliphatic carbocycles. The summed E-state index contributed by atoms with van der Waals surface area (Å²) in [6, 6.07) is 0.857. The van der Waals surface area contributed by atoms with Crippen molar-refractivity contribution < 1.29 is 48.5 Å². The summed E-state index contributed by atoms with van der Waals surface area (Å²) in [5, 5.41) is 0. The van der Waals surface area contributed by atoms with Gasteiger partial charge in [0, 0.05) is 0 Å². The van der Waals surface area contributed by atoms with Crippen LogP contribution in [0.5, 0.6) is 5.75 Å². The van der Waals surface area contributed by atoms with Gasteiger partial charge in [0.2, 0.25) is 0 Å². The molecule has 5 nitrogen and oxygen atoms in total. The highest BCUT2D eigenvalue weighted by atomic mass is 32.2. The number of rotatable bonds is 3. The average Bonchev–Trinajstić information content (AvgIpc) is 2.35. The third-order valence-electron chi connectivity index (χ3n) is 2.19. The molecular weight excluding hydrogens is 346 g/mol. The van der Waals surface area contributed by atoms with Crippen molar-refractivity contribution in [3.8, 4) is 5.75 Å². The lowest BCUT2D eigenvalue weighted by Gasteiger charge is -2.14. The van der Waals surface area contributed by atoms with E-state index in [2.05, 4.69) is 8.92 Å². The molecule has 0 aromatic heterocycles. The molecule has 12 heteroatoms. The molecule has 0 N–H and O–H groups in total. The largest absolute Gasteiger partial charge is 0.534 e. The predicted molar refractivity (Wildman–Crippen MR) is 58.4 cm³/mol. The van der Waals surface area contributed by atoms with Gasteiger partial charge in [-0.05, 0) is 18.2 Å². The van der Waals surface area contributed by atoms with Crippen LogP contribution in [0.25, 0.3) is 0 Å². The molecule has 1 aromatic carbocycles. The van der Waals surface area contributed by atoms with Crippen molar-refractivity contribution in [2.75, 3.05) is 7.11 Å². The third kappa shape index (κ3) is 3.81. The van der Waals surface area contributed by atoms with E-state index in [1.807, 2.05) is 0 Å². The van der Waals surface area contributed by atoms with Gasteiger partial charge in [0.1, 0.15) is 5.75 Å². The van der Waals surface area contributed by atoms with Crippen LogP contribution < -0.4 is 4.18 Å². The minimum Gasteiger partial charge on any atom is -0.465 e. The first-order chi connectivity index (χ1) is 9.79. The maximum Gasteiger partial charge on any atom is 0.534 e. The Morgan fingerprint density at radius 2 is 1.64 bits per heavy atom. The number of alkyl halides is 6. The molecule has 0 aliphatic rings. The van der Waals surface area contributed by atoms with Crippen LogP contribution in [0.15, 0.2) is 18.2 Å². The summed E-state index contributed by atoms with van der Waals surface area (Å²) in [4.78, 5) is 11.2. The van der Waals surface area contributed by atoms with Crippen LogP contribution in [0.1, 0.15) is 15.9 Å². The first-order valence-electron chi connectivity index (χ1n) is 5.10. The molecule has 0 radical (unpaired) electrons. The third-order valence-corrected chi connectivity index (χ3v) is 3.17. The zero-order valence-corrected chi connectivity index (χ0v) is 11.3. The molecule has 1 aromatic rings. The Labute approximate surface area is 119 Å². The van der Waals surface area contributed by atoms with E-state index in [1.54, 1.807) is 0 Å². The highest BCUT2D eigenvalue weighted by Gasteiger charge is 2.49. The van der Waals surface area contributed by atoms with Gasteiger partial charge in [0.15, 0.2) is 0 Å². The summed E-state index contributed by atoms with van der Waals surface area (Å²) in [6.45, 7) is 0. The van der Waals surface area contributed by atoms with Crippen LogP contribution in [-0.2, 0) is 21.0 Å². The summed E-state index contributed by atoms with van der Waals surface area (Å²) in [6.07, 6.45) is -5.15. The number of ether oxygens (including phenoxy) is 1. The van der Waals surface area contributed by atoms with Crippen LogP contribution in [0.3, 0.4) is 0 Å². The number of carbonyl (C=O) groups excluding carboxylic acids is 1. The molecule has 0 atom stereocenters. The van der Waals surface area contributed by atoms with Crippen LogP contribution in [-0.4, -0.2) is 27.0 Å². The van der Waals surface area contributed by atoms with E-state index in [4.69, 9.17) is 0 Å².